The van der Waals surface area contributed by atoms with Gasteiger partial charge in [0.25, 0.3) is 0 Å². The van der Waals surface area contributed by atoms with E-state index in [9.17, 15) is 4.79 Å². The maximum absolute atomic E-state index is 11.4. The van der Waals surface area contributed by atoms with Crippen molar-refractivity contribution in [3.63, 3.8) is 0 Å². The summed E-state index contributed by atoms with van der Waals surface area (Å²) in [5.41, 5.74) is 0. The van der Waals surface area contributed by atoms with Crippen molar-refractivity contribution in [2.75, 3.05) is 13.1 Å². The monoisotopic (exact) mass is 241 g/mol. The number of amides is 1. The number of aromatic nitrogens is 1. The third-order valence-electron chi connectivity index (χ3n) is 2.15. The van der Waals surface area contributed by atoms with Gasteiger partial charge in [-0.15, -0.1) is 11.3 Å². The van der Waals surface area contributed by atoms with Crippen molar-refractivity contribution in [1.82, 2.24) is 15.6 Å². The average Bonchev–Trinajstić information content (AvgIpc) is 2.76. The molecule has 0 spiro atoms. The number of nitrogens with one attached hydrogen (secondary N) is 2. The zero-order valence-corrected chi connectivity index (χ0v) is 10.8. The molecule has 0 aromatic carbocycles. The van der Waals surface area contributed by atoms with E-state index in [1.807, 2.05) is 19.2 Å². The highest BCUT2D eigenvalue weighted by Crippen LogP contribution is 2.15. The molecule has 0 bridgehead atoms. The average molecular weight is 241 g/mol. The number of rotatable bonds is 6. The molecule has 1 heterocycles. The van der Waals surface area contributed by atoms with E-state index in [0.29, 0.717) is 19.1 Å². The van der Waals surface area contributed by atoms with Crippen LogP contribution in [0.1, 0.15) is 31.7 Å². The van der Waals surface area contributed by atoms with Crippen LogP contribution in [0, 0.1) is 0 Å². The number of carbonyl (C=O) groups is 1. The van der Waals surface area contributed by atoms with Crippen molar-refractivity contribution in [2.45, 2.75) is 32.7 Å². The summed E-state index contributed by atoms with van der Waals surface area (Å²) in [5, 5.41) is 8.99. The van der Waals surface area contributed by atoms with Gasteiger partial charge >= 0.3 is 0 Å². The smallest absolute Gasteiger partial charge is 0.233 e. The van der Waals surface area contributed by atoms with Crippen molar-refractivity contribution in [3.8, 4) is 0 Å². The normalized spacial score (nSPS) is 12.8. The third kappa shape index (κ3) is 4.72. The van der Waals surface area contributed by atoms with Gasteiger partial charge < -0.3 is 10.6 Å². The van der Waals surface area contributed by atoms with Crippen LogP contribution in [0.5, 0.6) is 0 Å². The van der Waals surface area contributed by atoms with E-state index < -0.39 is 0 Å². The lowest BCUT2D eigenvalue weighted by Gasteiger charge is -2.11. The fourth-order valence-electron chi connectivity index (χ4n) is 1.19. The first-order valence-electron chi connectivity index (χ1n) is 5.49. The molecule has 2 N–H and O–H groups in total. The topological polar surface area (TPSA) is 54.0 Å². The molecule has 1 rings (SSSR count). The first-order valence-corrected chi connectivity index (χ1v) is 6.37. The number of carbonyl (C=O) groups excluding carboxylic acids is 1. The minimum absolute atomic E-state index is 0.0390. The second-order valence-electron chi connectivity index (χ2n) is 4.11. The molecule has 1 amide bonds. The highest BCUT2D eigenvalue weighted by atomic mass is 32.1. The SMILES string of the molecule is CC(C)NCC(=O)NCC(C)c1nccs1. The van der Waals surface area contributed by atoms with Crippen LogP contribution < -0.4 is 10.6 Å². The fraction of sp³-hybridized carbons (Fsp3) is 0.636. The molecule has 1 atom stereocenters. The minimum Gasteiger partial charge on any atom is -0.354 e. The predicted octanol–water partition coefficient (Wildman–Crippen LogP) is 1.36. The molecule has 1 aromatic rings. The Morgan fingerprint density at radius 1 is 1.50 bits per heavy atom. The highest BCUT2D eigenvalue weighted by molar-refractivity contribution is 7.09. The van der Waals surface area contributed by atoms with Crippen molar-refractivity contribution < 1.29 is 4.79 Å². The Morgan fingerprint density at radius 2 is 2.25 bits per heavy atom. The summed E-state index contributed by atoms with van der Waals surface area (Å²) in [4.78, 5) is 15.7. The lowest BCUT2D eigenvalue weighted by Crippen LogP contribution is -2.38. The molecule has 4 nitrogen and oxygen atoms in total. The molecule has 0 aliphatic heterocycles. The van der Waals surface area contributed by atoms with Crippen molar-refractivity contribution in [2.24, 2.45) is 0 Å². The largest absolute Gasteiger partial charge is 0.354 e. The highest BCUT2D eigenvalue weighted by Gasteiger charge is 2.09. The van der Waals surface area contributed by atoms with Gasteiger partial charge in [-0.05, 0) is 0 Å². The molecule has 0 fully saturated rings. The molecule has 0 aliphatic rings. The molecular formula is C11H19N3OS. The summed E-state index contributed by atoms with van der Waals surface area (Å²) in [6.45, 7) is 7.13. The van der Waals surface area contributed by atoms with Gasteiger partial charge in [0.05, 0.1) is 11.6 Å². The van der Waals surface area contributed by atoms with E-state index >= 15 is 0 Å². The van der Waals surface area contributed by atoms with Gasteiger partial charge in [0.15, 0.2) is 0 Å². The molecule has 0 saturated heterocycles. The van der Waals surface area contributed by atoms with Gasteiger partial charge in [0.1, 0.15) is 0 Å². The lowest BCUT2D eigenvalue weighted by molar-refractivity contribution is -0.120. The minimum atomic E-state index is 0.0390. The van der Waals surface area contributed by atoms with Crippen LogP contribution in [0.25, 0.3) is 0 Å². The van der Waals surface area contributed by atoms with Gasteiger partial charge in [0.2, 0.25) is 5.91 Å². The maximum Gasteiger partial charge on any atom is 0.233 e. The molecular weight excluding hydrogens is 222 g/mol. The predicted molar refractivity (Wildman–Crippen MR) is 66.7 cm³/mol. The summed E-state index contributed by atoms with van der Waals surface area (Å²) >= 11 is 1.62. The Morgan fingerprint density at radius 3 is 2.81 bits per heavy atom. The van der Waals surface area contributed by atoms with Crippen LogP contribution in [0.3, 0.4) is 0 Å². The summed E-state index contributed by atoms with van der Waals surface area (Å²) in [6.07, 6.45) is 1.79. The molecule has 0 aliphatic carbocycles. The number of hydrogen-bond acceptors (Lipinski definition) is 4. The zero-order valence-electron chi connectivity index (χ0n) is 9.99. The second-order valence-corrected chi connectivity index (χ2v) is 5.04. The summed E-state index contributed by atoms with van der Waals surface area (Å²) in [6, 6.07) is 0.335. The van der Waals surface area contributed by atoms with Crippen molar-refractivity contribution >= 4 is 17.2 Å². The van der Waals surface area contributed by atoms with Crippen LogP contribution in [-0.4, -0.2) is 30.0 Å². The Balaban J connectivity index is 2.21. The quantitative estimate of drug-likeness (QED) is 0.790. The van der Waals surface area contributed by atoms with Crippen LogP contribution in [-0.2, 0) is 4.79 Å². The van der Waals surface area contributed by atoms with Crippen LogP contribution in [0.4, 0.5) is 0 Å². The second kappa shape index (κ2) is 6.60. The van der Waals surface area contributed by atoms with Crippen LogP contribution >= 0.6 is 11.3 Å². The Kier molecular flexibility index (Phi) is 5.42. The number of nitrogens with zero attached hydrogens (tertiary/aromatic N) is 1. The number of thiazole rings is 1. The molecule has 5 heteroatoms. The van der Waals surface area contributed by atoms with Crippen LogP contribution in [0.15, 0.2) is 11.6 Å². The maximum atomic E-state index is 11.4. The summed E-state index contributed by atoms with van der Waals surface area (Å²) in [5.74, 6) is 0.320. The van der Waals surface area contributed by atoms with E-state index in [-0.39, 0.29) is 11.8 Å². The first-order chi connectivity index (χ1) is 7.59. The van der Waals surface area contributed by atoms with E-state index in [2.05, 4.69) is 22.5 Å². The number of hydrogen-bond donors (Lipinski definition) is 2. The van der Waals surface area contributed by atoms with Gasteiger partial charge in [-0.1, -0.05) is 20.8 Å². The van der Waals surface area contributed by atoms with E-state index in [0.717, 1.165) is 5.01 Å². The Labute approximate surface area is 100 Å². The Hall–Kier alpha value is -0.940. The van der Waals surface area contributed by atoms with Crippen LogP contribution in [0.2, 0.25) is 0 Å². The fourth-order valence-corrected chi connectivity index (χ4v) is 1.89. The third-order valence-corrected chi connectivity index (χ3v) is 3.16. The van der Waals surface area contributed by atoms with Crippen molar-refractivity contribution in [3.05, 3.63) is 16.6 Å². The van der Waals surface area contributed by atoms with E-state index in [4.69, 9.17) is 0 Å². The van der Waals surface area contributed by atoms with Gasteiger partial charge in [-0.3, -0.25) is 4.79 Å². The van der Waals surface area contributed by atoms with Gasteiger partial charge in [0, 0.05) is 30.1 Å². The first kappa shape index (κ1) is 13.1. The zero-order chi connectivity index (χ0) is 12.0. The Bertz CT molecular complexity index is 311. The molecule has 16 heavy (non-hydrogen) atoms. The molecule has 1 unspecified atom stereocenters. The van der Waals surface area contributed by atoms with Gasteiger partial charge in [-0.2, -0.15) is 0 Å². The van der Waals surface area contributed by atoms with E-state index in [1.165, 1.54) is 0 Å². The lowest BCUT2D eigenvalue weighted by atomic mass is 10.2. The van der Waals surface area contributed by atoms with E-state index in [1.54, 1.807) is 17.5 Å². The van der Waals surface area contributed by atoms with Crippen molar-refractivity contribution in [1.29, 1.82) is 0 Å². The van der Waals surface area contributed by atoms with Gasteiger partial charge in [-0.25, -0.2) is 4.98 Å². The summed E-state index contributed by atoms with van der Waals surface area (Å²) in [7, 11) is 0. The molecule has 0 radical (unpaired) electrons. The molecule has 90 valence electrons. The summed E-state index contributed by atoms with van der Waals surface area (Å²) < 4.78 is 0. The molecule has 1 aromatic heterocycles. The standard InChI is InChI=1S/C11H19N3OS/c1-8(2)13-7-10(15)14-6-9(3)11-12-4-5-16-11/h4-5,8-9,13H,6-7H2,1-3H3,(H,14,15). The molecule has 0 saturated carbocycles.